The van der Waals surface area contributed by atoms with Crippen molar-refractivity contribution < 1.29 is 4.74 Å². The molecule has 1 aromatic heterocycles. The Morgan fingerprint density at radius 1 is 1.50 bits per heavy atom. The molecule has 0 bridgehead atoms. The fourth-order valence-corrected chi connectivity index (χ4v) is 3.64. The predicted molar refractivity (Wildman–Crippen MR) is 85.7 cm³/mol. The van der Waals surface area contributed by atoms with Gasteiger partial charge >= 0.3 is 0 Å². The number of nitrogens with one attached hydrogen (secondary N) is 1. The summed E-state index contributed by atoms with van der Waals surface area (Å²) >= 11 is 1.84. The molecule has 0 aromatic carbocycles. The second-order valence-electron chi connectivity index (χ2n) is 5.84. The van der Waals surface area contributed by atoms with Crippen molar-refractivity contribution in [3.05, 3.63) is 10.6 Å². The molecular formula is C15H27N3OS. The van der Waals surface area contributed by atoms with E-state index in [1.807, 2.05) is 11.3 Å². The van der Waals surface area contributed by atoms with Gasteiger partial charge in [0.1, 0.15) is 0 Å². The maximum atomic E-state index is 5.44. The molecule has 0 spiro atoms. The van der Waals surface area contributed by atoms with Crippen molar-refractivity contribution in [3.63, 3.8) is 0 Å². The highest BCUT2D eigenvalue weighted by atomic mass is 32.1. The van der Waals surface area contributed by atoms with Crippen molar-refractivity contribution >= 4 is 16.5 Å². The van der Waals surface area contributed by atoms with E-state index in [0.717, 1.165) is 39.0 Å². The molecule has 1 saturated heterocycles. The van der Waals surface area contributed by atoms with Crippen LogP contribution in [-0.4, -0.2) is 37.8 Å². The zero-order chi connectivity index (χ0) is 14.5. The third kappa shape index (κ3) is 3.93. The lowest BCUT2D eigenvalue weighted by molar-refractivity contribution is 0.121. The van der Waals surface area contributed by atoms with Crippen LogP contribution in [0, 0.1) is 5.92 Å². The number of hydrogen-bond donors (Lipinski definition) is 1. The maximum absolute atomic E-state index is 5.44. The molecule has 1 atom stereocenters. The summed E-state index contributed by atoms with van der Waals surface area (Å²) in [5.74, 6) is 0.688. The molecule has 4 nitrogen and oxygen atoms in total. The Morgan fingerprint density at radius 3 is 2.90 bits per heavy atom. The lowest BCUT2D eigenvalue weighted by Gasteiger charge is -2.13. The summed E-state index contributed by atoms with van der Waals surface area (Å²) in [6.45, 7) is 10.7. The van der Waals surface area contributed by atoms with Gasteiger partial charge in [0.15, 0.2) is 5.13 Å². The summed E-state index contributed by atoms with van der Waals surface area (Å²) in [6.07, 6.45) is 2.49. The molecular weight excluding hydrogens is 270 g/mol. The van der Waals surface area contributed by atoms with Gasteiger partial charge in [-0.2, -0.15) is 0 Å². The highest BCUT2D eigenvalue weighted by molar-refractivity contribution is 7.15. The SMILES string of the molecule is CCc1nc(N2CCC(OC)C2)sc1CNCC(C)C. The first-order chi connectivity index (χ1) is 9.63. The molecule has 2 rings (SSSR count). The van der Waals surface area contributed by atoms with E-state index in [2.05, 4.69) is 31.0 Å². The van der Waals surface area contributed by atoms with Gasteiger partial charge < -0.3 is 15.0 Å². The van der Waals surface area contributed by atoms with Crippen molar-refractivity contribution in [2.24, 2.45) is 5.92 Å². The second-order valence-corrected chi connectivity index (χ2v) is 6.90. The average Bonchev–Trinajstić information content (AvgIpc) is 3.03. The van der Waals surface area contributed by atoms with Crippen molar-refractivity contribution in [1.82, 2.24) is 10.3 Å². The van der Waals surface area contributed by atoms with Crippen LogP contribution in [0.3, 0.4) is 0 Å². The van der Waals surface area contributed by atoms with Crippen LogP contribution in [0.25, 0.3) is 0 Å². The normalized spacial score (nSPS) is 19.2. The second kappa shape index (κ2) is 7.38. The van der Waals surface area contributed by atoms with E-state index in [1.165, 1.54) is 15.7 Å². The molecule has 1 unspecified atom stereocenters. The quantitative estimate of drug-likeness (QED) is 0.839. The van der Waals surface area contributed by atoms with Crippen molar-refractivity contribution in [2.45, 2.75) is 46.3 Å². The summed E-state index contributed by atoms with van der Waals surface area (Å²) in [7, 11) is 1.80. The zero-order valence-electron chi connectivity index (χ0n) is 13.1. The minimum atomic E-state index is 0.367. The fraction of sp³-hybridized carbons (Fsp3) is 0.800. The number of hydrogen-bond acceptors (Lipinski definition) is 5. The third-order valence-electron chi connectivity index (χ3n) is 3.69. The van der Waals surface area contributed by atoms with E-state index in [0.29, 0.717) is 12.0 Å². The standard InChI is InChI=1S/C15H27N3OS/c1-5-13-14(9-16-8-11(2)3)20-15(17-13)18-7-6-12(10-18)19-4/h11-12,16H,5-10H2,1-4H3. The number of thiazole rings is 1. The Balaban J connectivity index is 1.99. The van der Waals surface area contributed by atoms with Crippen molar-refractivity contribution in [2.75, 3.05) is 31.6 Å². The Bertz CT molecular complexity index is 419. The first-order valence-corrected chi connectivity index (χ1v) is 8.42. The van der Waals surface area contributed by atoms with Gasteiger partial charge in [0, 0.05) is 31.6 Å². The van der Waals surface area contributed by atoms with Crippen LogP contribution in [0.2, 0.25) is 0 Å². The Kier molecular flexibility index (Phi) is 5.81. The molecule has 5 heteroatoms. The summed E-state index contributed by atoms with van der Waals surface area (Å²) in [4.78, 5) is 8.58. The smallest absolute Gasteiger partial charge is 0.185 e. The highest BCUT2D eigenvalue weighted by Crippen LogP contribution is 2.29. The van der Waals surface area contributed by atoms with Crippen LogP contribution >= 0.6 is 11.3 Å². The number of rotatable bonds is 7. The lowest BCUT2D eigenvalue weighted by atomic mass is 10.2. The molecule has 1 aliphatic rings. The van der Waals surface area contributed by atoms with Crippen LogP contribution in [-0.2, 0) is 17.7 Å². The molecule has 114 valence electrons. The van der Waals surface area contributed by atoms with Crippen LogP contribution in [0.1, 0.15) is 37.8 Å². The van der Waals surface area contributed by atoms with Gasteiger partial charge in [0.05, 0.1) is 11.8 Å². The van der Waals surface area contributed by atoms with E-state index < -0.39 is 0 Å². The molecule has 1 aliphatic heterocycles. The molecule has 0 aliphatic carbocycles. The Morgan fingerprint density at radius 2 is 2.30 bits per heavy atom. The molecule has 0 saturated carbocycles. The van der Waals surface area contributed by atoms with Crippen LogP contribution < -0.4 is 10.2 Å². The number of nitrogens with zero attached hydrogens (tertiary/aromatic N) is 2. The first-order valence-electron chi connectivity index (χ1n) is 7.61. The number of anilines is 1. The largest absolute Gasteiger partial charge is 0.380 e. The Labute approximate surface area is 126 Å². The highest BCUT2D eigenvalue weighted by Gasteiger charge is 2.25. The van der Waals surface area contributed by atoms with Gasteiger partial charge in [-0.05, 0) is 25.3 Å². The van der Waals surface area contributed by atoms with E-state index in [9.17, 15) is 0 Å². The molecule has 0 radical (unpaired) electrons. The van der Waals surface area contributed by atoms with Crippen molar-refractivity contribution in [1.29, 1.82) is 0 Å². The van der Waals surface area contributed by atoms with E-state index in [-0.39, 0.29) is 0 Å². The Hall–Kier alpha value is -0.650. The average molecular weight is 297 g/mol. The molecule has 2 heterocycles. The number of aryl methyl sites for hydroxylation is 1. The summed E-state index contributed by atoms with van der Waals surface area (Å²) in [5.41, 5.74) is 1.25. The van der Waals surface area contributed by atoms with Gasteiger partial charge in [0.25, 0.3) is 0 Å². The molecule has 1 aromatic rings. The van der Waals surface area contributed by atoms with Crippen LogP contribution in [0.4, 0.5) is 5.13 Å². The molecule has 1 fully saturated rings. The minimum absolute atomic E-state index is 0.367. The lowest BCUT2D eigenvalue weighted by Crippen LogP contribution is -2.21. The number of methoxy groups -OCH3 is 1. The summed E-state index contributed by atoms with van der Waals surface area (Å²) in [6, 6.07) is 0. The van der Waals surface area contributed by atoms with Gasteiger partial charge in [-0.3, -0.25) is 0 Å². The summed E-state index contributed by atoms with van der Waals surface area (Å²) < 4.78 is 5.44. The van der Waals surface area contributed by atoms with E-state index in [1.54, 1.807) is 7.11 Å². The van der Waals surface area contributed by atoms with Gasteiger partial charge in [0.2, 0.25) is 0 Å². The first kappa shape index (κ1) is 15.7. The maximum Gasteiger partial charge on any atom is 0.185 e. The number of aromatic nitrogens is 1. The van der Waals surface area contributed by atoms with Gasteiger partial charge in [-0.1, -0.05) is 20.8 Å². The van der Waals surface area contributed by atoms with Crippen LogP contribution in [0.5, 0.6) is 0 Å². The van der Waals surface area contributed by atoms with Gasteiger partial charge in [-0.25, -0.2) is 4.98 Å². The van der Waals surface area contributed by atoms with E-state index in [4.69, 9.17) is 9.72 Å². The zero-order valence-corrected chi connectivity index (χ0v) is 13.9. The molecule has 20 heavy (non-hydrogen) atoms. The monoisotopic (exact) mass is 297 g/mol. The predicted octanol–water partition coefficient (Wildman–Crippen LogP) is 2.68. The number of ether oxygens (including phenoxy) is 1. The van der Waals surface area contributed by atoms with Crippen molar-refractivity contribution in [3.8, 4) is 0 Å². The van der Waals surface area contributed by atoms with Crippen LogP contribution in [0.15, 0.2) is 0 Å². The topological polar surface area (TPSA) is 37.4 Å². The molecule has 0 amide bonds. The molecule has 1 N–H and O–H groups in total. The minimum Gasteiger partial charge on any atom is -0.380 e. The summed E-state index contributed by atoms with van der Waals surface area (Å²) in [5, 5.41) is 4.70. The van der Waals surface area contributed by atoms with Gasteiger partial charge in [-0.15, -0.1) is 11.3 Å². The third-order valence-corrected chi connectivity index (χ3v) is 4.85. The van der Waals surface area contributed by atoms with E-state index >= 15 is 0 Å². The fourth-order valence-electron chi connectivity index (χ4n) is 2.49.